The van der Waals surface area contributed by atoms with Crippen LogP contribution in [0.2, 0.25) is 0 Å². The Kier molecular flexibility index (Phi) is 6.53. The molecule has 0 bridgehead atoms. The van der Waals surface area contributed by atoms with E-state index in [2.05, 4.69) is 55.0 Å². The van der Waals surface area contributed by atoms with Crippen LogP contribution >= 0.6 is 15.9 Å². The number of anilines is 2. The van der Waals surface area contributed by atoms with E-state index in [1.807, 2.05) is 13.2 Å². The molecule has 3 heterocycles. The first-order chi connectivity index (χ1) is 14.5. The molecule has 7 nitrogen and oxygen atoms in total. The molecule has 2 aromatic rings. The maximum atomic E-state index is 11.1. The van der Waals surface area contributed by atoms with Gasteiger partial charge < -0.3 is 19.6 Å². The molecule has 0 spiro atoms. The minimum Gasteiger partial charge on any atom is -0.481 e. The van der Waals surface area contributed by atoms with Gasteiger partial charge in [-0.05, 0) is 59.3 Å². The fraction of sp³-hybridized carbons (Fsp3) is 0.500. The van der Waals surface area contributed by atoms with Crippen LogP contribution in [0.1, 0.15) is 37.1 Å². The van der Waals surface area contributed by atoms with Gasteiger partial charge in [-0.1, -0.05) is 12.1 Å². The molecule has 2 fully saturated rings. The van der Waals surface area contributed by atoms with E-state index < -0.39 is 5.97 Å². The number of nitrogens with zero attached hydrogens (tertiary/aromatic N) is 4. The first-order valence-corrected chi connectivity index (χ1v) is 11.2. The SMILES string of the molecule is CN(c1nc(Cc2ccc(N3CCC(C(=O)O)CC3)cc2)ncc1Br)C1CCCO1. The van der Waals surface area contributed by atoms with Crippen LogP contribution in [0.5, 0.6) is 0 Å². The van der Waals surface area contributed by atoms with Crippen molar-refractivity contribution in [3.63, 3.8) is 0 Å². The number of carboxylic acid groups (broad SMARTS) is 1. The van der Waals surface area contributed by atoms with Crippen molar-refractivity contribution in [1.29, 1.82) is 0 Å². The highest BCUT2D eigenvalue weighted by Gasteiger charge is 2.25. The quantitative estimate of drug-likeness (QED) is 0.683. The largest absolute Gasteiger partial charge is 0.481 e. The molecule has 160 valence electrons. The van der Waals surface area contributed by atoms with Gasteiger partial charge in [0.2, 0.25) is 0 Å². The predicted octanol–water partition coefficient (Wildman–Crippen LogP) is 3.70. The summed E-state index contributed by atoms with van der Waals surface area (Å²) in [6, 6.07) is 8.42. The van der Waals surface area contributed by atoms with Crippen molar-refractivity contribution < 1.29 is 14.6 Å². The maximum absolute atomic E-state index is 11.1. The van der Waals surface area contributed by atoms with E-state index >= 15 is 0 Å². The summed E-state index contributed by atoms with van der Waals surface area (Å²) in [5.41, 5.74) is 2.28. The summed E-state index contributed by atoms with van der Waals surface area (Å²) in [6.07, 6.45) is 6.01. The fourth-order valence-corrected chi connectivity index (χ4v) is 4.59. The Morgan fingerprint density at radius 2 is 2.00 bits per heavy atom. The van der Waals surface area contributed by atoms with Crippen molar-refractivity contribution in [2.75, 3.05) is 36.5 Å². The van der Waals surface area contributed by atoms with E-state index in [4.69, 9.17) is 14.8 Å². The smallest absolute Gasteiger partial charge is 0.306 e. The summed E-state index contributed by atoms with van der Waals surface area (Å²) in [6.45, 7) is 2.36. The number of ether oxygens (including phenoxy) is 1. The van der Waals surface area contributed by atoms with Crippen LogP contribution < -0.4 is 9.80 Å². The van der Waals surface area contributed by atoms with Crippen LogP contribution in [0.4, 0.5) is 11.5 Å². The van der Waals surface area contributed by atoms with Gasteiger partial charge in [-0.25, -0.2) is 9.97 Å². The van der Waals surface area contributed by atoms with Crippen LogP contribution in [-0.2, 0) is 16.0 Å². The second-order valence-corrected chi connectivity index (χ2v) is 8.83. The zero-order valence-corrected chi connectivity index (χ0v) is 18.7. The molecule has 4 rings (SSSR count). The van der Waals surface area contributed by atoms with Gasteiger partial charge in [0, 0.05) is 45.0 Å². The molecule has 1 atom stereocenters. The summed E-state index contributed by atoms with van der Waals surface area (Å²) in [7, 11) is 2.01. The van der Waals surface area contributed by atoms with Crippen LogP contribution in [0.3, 0.4) is 0 Å². The molecule has 8 heteroatoms. The molecule has 2 aliphatic heterocycles. The monoisotopic (exact) mass is 474 g/mol. The summed E-state index contributed by atoms with van der Waals surface area (Å²) in [5.74, 6) is 0.735. The van der Waals surface area contributed by atoms with Gasteiger partial charge in [-0.3, -0.25) is 4.79 Å². The van der Waals surface area contributed by atoms with Gasteiger partial charge in [-0.2, -0.15) is 0 Å². The van der Waals surface area contributed by atoms with Gasteiger partial charge in [0.05, 0.1) is 10.4 Å². The number of aromatic nitrogens is 2. The maximum Gasteiger partial charge on any atom is 0.306 e. The Bertz CT molecular complexity index is 878. The lowest BCUT2D eigenvalue weighted by molar-refractivity contribution is -0.142. The van der Waals surface area contributed by atoms with E-state index in [0.29, 0.717) is 19.3 Å². The molecule has 2 saturated heterocycles. The number of hydrogen-bond acceptors (Lipinski definition) is 6. The van der Waals surface area contributed by atoms with Crippen molar-refractivity contribution in [2.24, 2.45) is 5.92 Å². The molecule has 2 aliphatic rings. The van der Waals surface area contributed by atoms with E-state index in [9.17, 15) is 4.79 Å². The molecule has 1 aromatic carbocycles. The lowest BCUT2D eigenvalue weighted by Gasteiger charge is -2.32. The lowest BCUT2D eigenvalue weighted by atomic mass is 9.96. The molecule has 30 heavy (non-hydrogen) atoms. The van der Waals surface area contributed by atoms with E-state index in [1.54, 1.807) is 0 Å². The third-order valence-corrected chi connectivity index (χ3v) is 6.51. The molecule has 0 amide bonds. The Morgan fingerprint density at radius 3 is 2.63 bits per heavy atom. The third kappa shape index (κ3) is 4.75. The van der Waals surface area contributed by atoms with Gasteiger partial charge in [0.15, 0.2) is 0 Å². The normalized spacial score (nSPS) is 19.8. The zero-order chi connectivity index (χ0) is 21.1. The van der Waals surface area contributed by atoms with E-state index in [-0.39, 0.29) is 12.1 Å². The van der Waals surface area contributed by atoms with Crippen LogP contribution in [-0.4, -0.2) is 54.0 Å². The Balaban J connectivity index is 1.41. The number of rotatable bonds is 6. The highest BCUT2D eigenvalue weighted by atomic mass is 79.9. The molecule has 1 aromatic heterocycles. The second-order valence-electron chi connectivity index (χ2n) is 7.98. The zero-order valence-electron chi connectivity index (χ0n) is 17.1. The third-order valence-electron chi connectivity index (χ3n) is 5.96. The van der Waals surface area contributed by atoms with Crippen LogP contribution in [0.15, 0.2) is 34.9 Å². The number of piperidine rings is 1. The topological polar surface area (TPSA) is 78.8 Å². The van der Waals surface area contributed by atoms with E-state index in [0.717, 1.165) is 59.9 Å². The standard InChI is InChI=1S/C22H27BrN4O3/c1-26(20-3-2-12-30-20)21-18(23)14-24-19(25-21)13-15-4-6-17(7-5-15)27-10-8-16(9-11-27)22(28)29/h4-7,14,16,20H,2-3,8-13H2,1H3,(H,28,29). The first kappa shape index (κ1) is 21.1. The summed E-state index contributed by atoms with van der Waals surface area (Å²) in [4.78, 5) is 24.7. The summed E-state index contributed by atoms with van der Waals surface area (Å²) < 4.78 is 6.65. The van der Waals surface area contributed by atoms with Crippen molar-refractivity contribution in [2.45, 2.75) is 38.3 Å². The van der Waals surface area contributed by atoms with Crippen molar-refractivity contribution in [3.05, 3.63) is 46.3 Å². The van der Waals surface area contributed by atoms with Gasteiger partial charge in [-0.15, -0.1) is 0 Å². The van der Waals surface area contributed by atoms with Crippen molar-refractivity contribution in [1.82, 2.24) is 9.97 Å². The average molecular weight is 475 g/mol. The van der Waals surface area contributed by atoms with Crippen molar-refractivity contribution >= 4 is 33.4 Å². The second kappa shape index (κ2) is 9.31. The van der Waals surface area contributed by atoms with Crippen LogP contribution in [0, 0.1) is 5.92 Å². The summed E-state index contributed by atoms with van der Waals surface area (Å²) in [5, 5.41) is 9.16. The number of carbonyl (C=O) groups is 1. The number of carboxylic acids is 1. The number of hydrogen-bond donors (Lipinski definition) is 1. The highest BCUT2D eigenvalue weighted by molar-refractivity contribution is 9.10. The number of benzene rings is 1. The Morgan fingerprint density at radius 1 is 1.27 bits per heavy atom. The van der Waals surface area contributed by atoms with Gasteiger partial charge in [0.25, 0.3) is 0 Å². The van der Waals surface area contributed by atoms with Gasteiger partial charge in [0.1, 0.15) is 17.9 Å². The molecular weight excluding hydrogens is 448 g/mol. The molecule has 1 N–H and O–H groups in total. The number of halogens is 1. The molecule has 1 unspecified atom stereocenters. The Hall–Kier alpha value is -2.19. The Labute approximate surface area is 185 Å². The minimum atomic E-state index is -0.677. The molecule has 0 aliphatic carbocycles. The van der Waals surface area contributed by atoms with Gasteiger partial charge >= 0.3 is 5.97 Å². The minimum absolute atomic E-state index is 0.0635. The summed E-state index contributed by atoms with van der Waals surface area (Å²) >= 11 is 3.57. The molecule has 0 radical (unpaired) electrons. The first-order valence-electron chi connectivity index (χ1n) is 10.4. The highest BCUT2D eigenvalue weighted by Crippen LogP contribution is 2.28. The fourth-order valence-electron chi connectivity index (χ4n) is 4.12. The molecular formula is C22H27BrN4O3. The number of aliphatic carboxylic acids is 1. The predicted molar refractivity (Wildman–Crippen MR) is 119 cm³/mol. The molecule has 0 saturated carbocycles. The van der Waals surface area contributed by atoms with E-state index in [1.165, 1.54) is 0 Å². The lowest BCUT2D eigenvalue weighted by Crippen LogP contribution is -2.36. The van der Waals surface area contributed by atoms with Crippen molar-refractivity contribution in [3.8, 4) is 0 Å². The average Bonchev–Trinajstić information content (AvgIpc) is 3.30. The van der Waals surface area contributed by atoms with Crippen LogP contribution in [0.25, 0.3) is 0 Å².